The van der Waals surface area contributed by atoms with Crippen LogP contribution in [0.4, 0.5) is 0 Å². The van der Waals surface area contributed by atoms with Gasteiger partial charge in [-0.05, 0) is 18.8 Å². The summed E-state index contributed by atoms with van der Waals surface area (Å²) in [5, 5.41) is 10.2. The molecule has 100 valence electrons. The Morgan fingerprint density at radius 1 is 1.29 bits per heavy atom. The van der Waals surface area contributed by atoms with E-state index in [0.717, 1.165) is 25.4 Å². The van der Waals surface area contributed by atoms with Gasteiger partial charge in [0.2, 0.25) is 0 Å². The fraction of sp³-hybridized carbons (Fsp3) is 1.00. The van der Waals surface area contributed by atoms with Crippen LogP contribution in [0.2, 0.25) is 0 Å². The summed E-state index contributed by atoms with van der Waals surface area (Å²) in [6.07, 6.45) is 8.23. The lowest BCUT2D eigenvalue weighted by Gasteiger charge is -2.42. The second-order valence-corrected chi connectivity index (χ2v) is 5.86. The van der Waals surface area contributed by atoms with Crippen molar-refractivity contribution in [2.45, 2.75) is 70.1 Å². The summed E-state index contributed by atoms with van der Waals surface area (Å²) >= 11 is 0. The van der Waals surface area contributed by atoms with Crippen molar-refractivity contribution in [3.63, 3.8) is 0 Å². The minimum atomic E-state index is -0.462. The Kier molecular flexibility index (Phi) is 4.83. The molecule has 2 rings (SSSR count). The summed E-state index contributed by atoms with van der Waals surface area (Å²) in [5.74, 6) is 1.25. The van der Waals surface area contributed by atoms with E-state index in [-0.39, 0.29) is 12.1 Å². The van der Waals surface area contributed by atoms with Crippen LogP contribution in [0.25, 0.3) is 0 Å². The van der Waals surface area contributed by atoms with E-state index in [4.69, 9.17) is 10.5 Å². The highest BCUT2D eigenvalue weighted by Crippen LogP contribution is 2.31. The lowest BCUT2D eigenvalue weighted by Crippen LogP contribution is -2.54. The summed E-state index contributed by atoms with van der Waals surface area (Å²) in [5.41, 5.74) is 6.15. The third-order valence-corrected chi connectivity index (χ3v) is 4.60. The van der Waals surface area contributed by atoms with Crippen LogP contribution >= 0.6 is 0 Å². The third kappa shape index (κ3) is 3.21. The predicted octanol–water partition coefficient (Wildman–Crippen LogP) is 2.07. The number of rotatable bonds is 5. The van der Waals surface area contributed by atoms with Crippen LogP contribution in [-0.2, 0) is 4.74 Å². The number of hydrogen-bond donors (Lipinski definition) is 2. The molecule has 2 aliphatic rings. The SMILES string of the molecule is CC[C@H]1CO[C@@H]1[C@H](O)[C@@H](N)CC1CCCCC1. The Labute approximate surface area is 105 Å². The molecule has 0 radical (unpaired) electrons. The summed E-state index contributed by atoms with van der Waals surface area (Å²) in [7, 11) is 0. The quantitative estimate of drug-likeness (QED) is 0.774. The molecule has 3 heteroatoms. The van der Waals surface area contributed by atoms with Crippen molar-refractivity contribution in [1.82, 2.24) is 0 Å². The van der Waals surface area contributed by atoms with Crippen LogP contribution < -0.4 is 5.73 Å². The maximum Gasteiger partial charge on any atom is 0.0955 e. The fourth-order valence-electron chi connectivity index (χ4n) is 3.26. The van der Waals surface area contributed by atoms with Gasteiger partial charge in [-0.1, -0.05) is 39.0 Å². The first-order chi connectivity index (χ1) is 8.22. The maximum absolute atomic E-state index is 10.2. The Bertz CT molecular complexity index is 226. The molecular formula is C14H27NO2. The van der Waals surface area contributed by atoms with Crippen LogP contribution in [0.5, 0.6) is 0 Å². The molecule has 1 saturated heterocycles. The van der Waals surface area contributed by atoms with Crippen molar-refractivity contribution in [3.05, 3.63) is 0 Å². The minimum absolute atomic E-state index is 0.00131. The van der Waals surface area contributed by atoms with Gasteiger partial charge in [-0.15, -0.1) is 0 Å². The van der Waals surface area contributed by atoms with E-state index in [2.05, 4.69) is 6.92 Å². The molecule has 1 heterocycles. The first-order valence-corrected chi connectivity index (χ1v) is 7.27. The van der Waals surface area contributed by atoms with Gasteiger partial charge in [-0.3, -0.25) is 0 Å². The van der Waals surface area contributed by atoms with Crippen molar-refractivity contribution in [3.8, 4) is 0 Å². The van der Waals surface area contributed by atoms with Gasteiger partial charge >= 0.3 is 0 Å². The van der Waals surface area contributed by atoms with Crippen molar-refractivity contribution in [1.29, 1.82) is 0 Å². The minimum Gasteiger partial charge on any atom is -0.389 e. The van der Waals surface area contributed by atoms with E-state index in [9.17, 15) is 5.11 Å². The van der Waals surface area contributed by atoms with E-state index in [1.807, 2.05) is 0 Å². The smallest absolute Gasteiger partial charge is 0.0955 e. The molecule has 0 unspecified atom stereocenters. The molecule has 0 bridgehead atoms. The molecule has 0 aromatic carbocycles. The zero-order valence-electron chi connectivity index (χ0n) is 11.0. The highest BCUT2D eigenvalue weighted by molar-refractivity contribution is 4.90. The lowest BCUT2D eigenvalue weighted by atomic mass is 9.81. The molecule has 0 amide bonds. The zero-order chi connectivity index (χ0) is 12.3. The topological polar surface area (TPSA) is 55.5 Å². The van der Waals surface area contributed by atoms with Gasteiger partial charge < -0.3 is 15.6 Å². The van der Waals surface area contributed by atoms with E-state index in [0.29, 0.717) is 5.92 Å². The normalized spacial score (nSPS) is 34.1. The van der Waals surface area contributed by atoms with E-state index in [1.54, 1.807) is 0 Å². The van der Waals surface area contributed by atoms with Gasteiger partial charge in [0.1, 0.15) is 0 Å². The van der Waals surface area contributed by atoms with Gasteiger partial charge in [-0.2, -0.15) is 0 Å². The first-order valence-electron chi connectivity index (χ1n) is 7.27. The molecule has 1 aliphatic carbocycles. The Morgan fingerprint density at radius 2 is 2.00 bits per heavy atom. The van der Waals surface area contributed by atoms with Crippen molar-refractivity contribution in [2.24, 2.45) is 17.6 Å². The van der Waals surface area contributed by atoms with Crippen molar-refractivity contribution < 1.29 is 9.84 Å². The van der Waals surface area contributed by atoms with Crippen LogP contribution in [0, 0.1) is 11.8 Å². The molecule has 1 aliphatic heterocycles. The predicted molar refractivity (Wildman–Crippen MR) is 68.7 cm³/mol. The average molecular weight is 241 g/mol. The largest absolute Gasteiger partial charge is 0.389 e. The van der Waals surface area contributed by atoms with Crippen LogP contribution in [-0.4, -0.2) is 30.0 Å². The molecule has 3 N–H and O–H groups in total. The Hall–Kier alpha value is -0.120. The van der Waals surface area contributed by atoms with Gasteiger partial charge in [0.25, 0.3) is 0 Å². The summed E-state index contributed by atoms with van der Waals surface area (Å²) < 4.78 is 5.48. The third-order valence-electron chi connectivity index (χ3n) is 4.60. The summed E-state index contributed by atoms with van der Waals surface area (Å²) in [4.78, 5) is 0. The molecule has 0 aromatic heterocycles. The van der Waals surface area contributed by atoms with Crippen LogP contribution in [0.3, 0.4) is 0 Å². The van der Waals surface area contributed by atoms with E-state index >= 15 is 0 Å². The highest BCUT2D eigenvalue weighted by atomic mass is 16.5. The lowest BCUT2D eigenvalue weighted by molar-refractivity contribution is -0.173. The Morgan fingerprint density at radius 3 is 2.53 bits per heavy atom. The number of nitrogens with two attached hydrogens (primary N) is 1. The highest BCUT2D eigenvalue weighted by Gasteiger charge is 2.39. The van der Waals surface area contributed by atoms with E-state index in [1.165, 1.54) is 32.1 Å². The van der Waals surface area contributed by atoms with E-state index < -0.39 is 6.10 Å². The fourth-order valence-corrected chi connectivity index (χ4v) is 3.26. The summed E-state index contributed by atoms with van der Waals surface area (Å²) in [6, 6.07) is -0.0996. The second-order valence-electron chi connectivity index (χ2n) is 5.86. The van der Waals surface area contributed by atoms with Crippen LogP contribution in [0.15, 0.2) is 0 Å². The molecule has 2 fully saturated rings. The average Bonchev–Trinajstić information content (AvgIpc) is 2.29. The van der Waals surface area contributed by atoms with Gasteiger partial charge in [-0.25, -0.2) is 0 Å². The number of aliphatic hydroxyl groups is 1. The van der Waals surface area contributed by atoms with Gasteiger partial charge in [0.15, 0.2) is 0 Å². The standard InChI is InChI=1S/C14H27NO2/c1-2-11-9-17-14(11)13(16)12(15)8-10-6-4-3-5-7-10/h10-14,16H,2-9,15H2,1H3/t11-,12-,13+,14-/m0/s1. The van der Waals surface area contributed by atoms with Crippen molar-refractivity contribution >= 4 is 0 Å². The first kappa shape index (κ1) is 13.3. The molecular weight excluding hydrogens is 214 g/mol. The molecule has 1 saturated carbocycles. The maximum atomic E-state index is 10.2. The number of hydrogen-bond acceptors (Lipinski definition) is 3. The van der Waals surface area contributed by atoms with Crippen molar-refractivity contribution in [2.75, 3.05) is 6.61 Å². The number of aliphatic hydroxyl groups excluding tert-OH is 1. The zero-order valence-corrected chi connectivity index (χ0v) is 11.0. The summed E-state index contributed by atoms with van der Waals surface area (Å²) in [6.45, 7) is 2.95. The van der Waals surface area contributed by atoms with Gasteiger partial charge in [0, 0.05) is 12.0 Å². The molecule has 4 atom stereocenters. The molecule has 0 spiro atoms. The molecule has 0 aromatic rings. The molecule has 3 nitrogen and oxygen atoms in total. The monoisotopic (exact) mass is 241 g/mol. The second kappa shape index (κ2) is 6.17. The number of ether oxygens (including phenoxy) is 1. The molecule has 17 heavy (non-hydrogen) atoms. The van der Waals surface area contributed by atoms with Crippen LogP contribution in [0.1, 0.15) is 51.9 Å². The Balaban J connectivity index is 1.76. The van der Waals surface area contributed by atoms with Gasteiger partial charge in [0.05, 0.1) is 18.8 Å².